The second-order valence-corrected chi connectivity index (χ2v) is 7.51. The molecule has 0 spiro atoms. The summed E-state index contributed by atoms with van der Waals surface area (Å²) in [5.41, 5.74) is 3.20. The molecule has 0 saturated heterocycles. The highest BCUT2D eigenvalue weighted by Gasteiger charge is 2.12. The van der Waals surface area contributed by atoms with E-state index in [-0.39, 0.29) is 23.5 Å². The van der Waals surface area contributed by atoms with Crippen molar-refractivity contribution in [2.24, 2.45) is 0 Å². The van der Waals surface area contributed by atoms with Gasteiger partial charge in [-0.3, -0.25) is 4.79 Å². The molecule has 3 aromatic rings. The number of esters is 1. The third-order valence-electron chi connectivity index (χ3n) is 4.36. The number of rotatable bonds is 9. The Hall–Kier alpha value is -3.33. The van der Waals surface area contributed by atoms with Gasteiger partial charge in [0.1, 0.15) is 5.75 Å². The van der Waals surface area contributed by atoms with Crippen molar-refractivity contribution >= 4 is 29.3 Å². The number of carbonyl (C=O) groups is 2. The Labute approximate surface area is 184 Å². The number of aryl methyl sites for hydroxylation is 1. The van der Waals surface area contributed by atoms with Crippen LogP contribution in [0.1, 0.15) is 34.3 Å². The summed E-state index contributed by atoms with van der Waals surface area (Å²) in [6.45, 7) is 6.21. The van der Waals surface area contributed by atoms with E-state index in [0.717, 1.165) is 28.6 Å². The highest BCUT2D eigenvalue weighted by atomic mass is 32.2. The topological polar surface area (TPSA) is 104 Å². The number of aromatic nitrogens is 2. The summed E-state index contributed by atoms with van der Waals surface area (Å²) < 4.78 is 16.2. The monoisotopic (exact) mass is 441 g/mol. The summed E-state index contributed by atoms with van der Waals surface area (Å²) in [4.78, 5) is 23.8. The third-order valence-corrected chi connectivity index (χ3v) is 5.18. The number of benzene rings is 2. The molecule has 0 radical (unpaired) electrons. The first kappa shape index (κ1) is 22.4. The Morgan fingerprint density at radius 2 is 1.87 bits per heavy atom. The zero-order valence-electron chi connectivity index (χ0n) is 17.5. The molecule has 0 unspecified atom stereocenters. The van der Waals surface area contributed by atoms with Crippen molar-refractivity contribution in [2.75, 3.05) is 17.7 Å². The molecule has 8 nitrogen and oxygen atoms in total. The van der Waals surface area contributed by atoms with Gasteiger partial charge in [0.05, 0.1) is 17.9 Å². The smallest absolute Gasteiger partial charge is 0.338 e. The van der Waals surface area contributed by atoms with Crippen LogP contribution in [0.25, 0.3) is 0 Å². The molecule has 9 heteroatoms. The average molecular weight is 442 g/mol. The summed E-state index contributed by atoms with van der Waals surface area (Å²) >= 11 is 1.13. The van der Waals surface area contributed by atoms with Crippen LogP contribution >= 0.6 is 11.8 Å². The molecule has 0 aliphatic heterocycles. The van der Waals surface area contributed by atoms with Crippen LogP contribution in [0.3, 0.4) is 0 Å². The molecule has 0 atom stereocenters. The number of nitrogens with one attached hydrogen (secondary N) is 1. The molecule has 31 heavy (non-hydrogen) atoms. The van der Waals surface area contributed by atoms with Crippen molar-refractivity contribution in [1.82, 2.24) is 10.2 Å². The lowest BCUT2D eigenvalue weighted by atomic mass is 10.1. The molecule has 1 aromatic heterocycles. The van der Waals surface area contributed by atoms with E-state index < -0.39 is 5.97 Å². The number of carbonyl (C=O) groups excluding carboxylic acids is 2. The number of hydrogen-bond donors (Lipinski definition) is 1. The van der Waals surface area contributed by atoms with Crippen molar-refractivity contribution in [3.63, 3.8) is 0 Å². The summed E-state index contributed by atoms with van der Waals surface area (Å²) in [5, 5.41) is 10.9. The first-order valence-electron chi connectivity index (χ1n) is 9.67. The first-order chi connectivity index (χ1) is 15.0. The van der Waals surface area contributed by atoms with E-state index in [0.29, 0.717) is 23.7 Å². The molecular weight excluding hydrogens is 418 g/mol. The van der Waals surface area contributed by atoms with Gasteiger partial charge < -0.3 is 19.2 Å². The van der Waals surface area contributed by atoms with E-state index in [9.17, 15) is 9.59 Å². The van der Waals surface area contributed by atoms with E-state index in [1.807, 2.05) is 32.0 Å². The van der Waals surface area contributed by atoms with Gasteiger partial charge in [0, 0.05) is 5.69 Å². The molecule has 0 aliphatic carbocycles. The Balaban J connectivity index is 1.46. The quantitative estimate of drug-likeness (QED) is 0.390. The molecule has 1 amide bonds. The maximum atomic E-state index is 12.2. The van der Waals surface area contributed by atoms with E-state index >= 15 is 0 Å². The number of nitrogens with zero attached hydrogens (tertiary/aromatic N) is 2. The molecule has 1 heterocycles. The van der Waals surface area contributed by atoms with Crippen LogP contribution in [0.5, 0.6) is 5.75 Å². The molecular formula is C22H23N3O5S. The van der Waals surface area contributed by atoms with Gasteiger partial charge in [0.2, 0.25) is 5.91 Å². The Bertz CT molecular complexity index is 1050. The average Bonchev–Trinajstić information content (AvgIpc) is 3.22. The van der Waals surface area contributed by atoms with Crippen LogP contribution < -0.4 is 10.1 Å². The number of anilines is 1. The van der Waals surface area contributed by atoms with E-state index in [1.165, 1.54) is 0 Å². The molecule has 0 bridgehead atoms. The van der Waals surface area contributed by atoms with Crippen LogP contribution in [0.15, 0.2) is 52.1 Å². The molecule has 0 fully saturated rings. The van der Waals surface area contributed by atoms with Gasteiger partial charge in [-0.05, 0) is 62.2 Å². The lowest BCUT2D eigenvalue weighted by molar-refractivity contribution is -0.113. The predicted molar refractivity (Wildman–Crippen MR) is 116 cm³/mol. The number of thioether (sulfide) groups is 1. The maximum Gasteiger partial charge on any atom is 0.338 e. The zero-order chi connectivity index (χ0) is 22.2. The third kappa shape index (κ3) is 6.32. The zero-order valence-corrected chi connectivity index (χ0v) is 18.3. The van der Waals surface area contributed by atoms with Crippen LogP contribution in [-0.4, -0.2) is 34.4 Å². The van der Waals surface area contributed by atoms with Gasteiger partial charge in [0.15, 0.2) is 6.61 Å². The molecule has 1 N–H and O–H groups in total. The van der Waals surface area contributed by atoms with Gasteiger partial charge in [-0.2, -0.15) is 0 Å². The van der Waals surface area contributed by atoms with Crippen LogP contribution in [0, 0.1) is 13.8 Å². The van der Waals surface area contributed by atoms with Crippen molar-refractivity contribution in [2.45, 2.75) is 32.6 Å². The van der Waals surface area contributed by atoms with Crippen LogP contribution in [0.2, 0.25) is 0 Å². The normalized spacial score (nSPS) is 10.5. The lowest BCUT2D eigenvalue weighted by Gasteiger charge is -2.08. The minimum Gasteiger partial charge on any atom is -0.484 e. The maximum absolute atomic E-state index is 12.2. The second kappa shape index (κ2) is 10.6. The minimum absolute atomic E-state index is 0.0963. The van der Waals surface area contributed by atoms with Crippen molar-refractivity contribution in [3.8, 4) is 5.75 Å². The molecule has 162 valence electrons. The van der Waals surface area contributed by atoms with Gasteiger partial charge in [-0.1, -0.05) is 23.9 Å². The summed E-state index contributed by atoms with van der Waals surface area (Å²) in [6.07, 6.45) is 0. The van der Waals surface area contributed by atoms with Gasteiger partial charge in [0.25, 0.3) is 11.1 Å². The Kier molecular flexibility index (Phi) is 7.66. The van der Waals surface area contributed by atoms with Crippen molar-refractivity contribution < 1.29 is 23.5 Å². The predicted octanol–water partition coefficient (Wildman–Crippen LogP) is 4.17. The number of amides is 1. The fraction of sp³-hybridized carbons (Fsp3) is 0.273. The lowest BCUT2D eigenvalue weighted by Crippen LogP contribution is -2.14. The highest BCUT2D eigenvalue weighted by Crippen LogP contribution is 2.22. The van der Waals surface area contributed by atoms with E-state index in [1.54, 1.807) is 31.2 Å². The van der Waals surface area contributed by atoms with Crippen LogP contribution in [0.4, 0.5) is 5.69 Å². The molecule has 2 aromatic carbocycles. The fourth-order valence-electron chi connectivity index (χ4n) is 2.60. The number of hydrogen-bond acceptors (Lipinski definition) is 8. The second-order valence-electron chi connectivity index (χ2n) is 6.58. The summed E-state index contributed by atoms with van der Waals surface area (Å²) in [7, 11) is 0. The molecule has 0 saturated carbocycles. The molecule has 3 rings (SSSR count). The number of ether oxygens (including phenoxy) is 2. The van der Waals surface area contributed by atoms with Gasteiger partial charge >= 0.3 is 5.97 Å². The van der Waals surface area contributed by atoms with Crippen molar-refractivity contribution in [3.05, 3.63) is 65.0 Å². The minimum atomic E-state index is -0.398. The van der Waals surface area contributed by atoms with Gasteiger partial charge in [-0.25, -0.2) is 4.79 Å². The first-order valence-corrected chi connectivity index (χ1v) is 10.7. The van der Waals surface area contributed by atoms with E-state index in [4.69, 9.17) is 13.9 Å². The Morgan fingerprint density at radius 1 is 1.10 bits per heavy atom. The largest absolute Gasteiger partial charge is 0.484 e. The summed E-state index contributed by atoms with van der Waals surface area (Å²) in [5.74, 6) is 0.558. The standard InChI is InChI=1S/C22H23N3O5S/c1-4-28-21(27)16-8-10-17(11-9-16)23-19(26)13-31-22-25-24-20(30-22)12-29-18-7-5-6-14(2)15(18)3/h5-11H,4,12-13H2,1-3H3,(H,23,26). The van der Waals surface area contributed by atoms with Crippen molar-refractivity contribution in [1.29, 1.82) is 0 Å². The van der Waals surface area contributed by atoms with Gasteiger partial charge in [-0.15, -0.1) is 10.2 Å². The van der Waals surface area contributed by atoms with Crippen LogP contribution in [-0.2, 0) is 16.1 Å². The highest BCUT2D eigenvalue weighted by molar-refractivity contribution is 7.99. The molecule has 0 aliphatic rings. The fourth-order valence-corrected chi connectivity index (χ4v) is 3.18. The van der Waals surface area contributed by atoms with E-state index in [2.05, 4.69) is 15.5 Å². The SMILES string of the molecule is CCOC(=O)c1ccc(NC(=O)CSc2nnc(COc3cccc(C)c3C)o2)cc1. The summed E-state index contributed by atoms with van der Waals surface area (Å²) in [6, 6.07) is 12.3. The Morgan fingerprint density at radius 3 is 2.61 bits per heavy atom.